The standard InChI is InChI=1S/C18H22N6O2S/c1-22-14-17(11-21-22)27(25,26)24-9-2-3-16(13-24)18-20-8-10-23(18)12-15-4-6-19-7-5-15/h4-8,10-11,14,16H,2-3,9,12-13H2,1H3. The van der Waals surface area contributed by atoms with Crippen molar-refractivity contribution in [1.82, 2.24) is 28.6 Å². The average molecular weight is 386 g/mol. The minimum atomic E-state index is -3.53. The first kappa shape index (κ1) is 17.9. The summed E-state index contributed by atoms with van der Waals surface area (Å²) in [5.41, 5.74) is 1.14. The van der Waals surface area contributed by atoms with E-state index in [-0.39, 0.29) is 10.8 Å². The highest BCUT2D eigenvalue weighted by Gasteiger charge is 2.33. The Bertz CT molecular complexity index is 1010. The molecule has 1 unspecified atom stereocenters. The van der Waals surface area contributed by atoms with E-state index in [4.69, 9.17) is 0 Å². The molecule has 4 rings (SSSR count). The van der Waals surface area contributed by atoms with Crippen LogP contribution in [0.5, 0.6) is 0 Å². The van der Waals surface area contributed by atoms with Crippen molar-refractivity contribution in [3.63, 3.8) is 0 Å². The Morgan fingerprint density at radius 1 is 1.22 bits per heavy atom. The van der Waals surface area contributed by atoms with Gasteiger partial charge in [0.25, 0.3) is 0 Å². The molecular formula is C18H22N6O2S. The number of pyridine rings is 1. The number of hydrogen-bond acceptors (Lipinski definition) is 5. The summed E-state index contributed by atoms with van der Waals surface area (Å²) in [6, 6.07) is 3.95. The van der Waals surface area contributed by atoms with Crippen molar-refractivity contribution >= 4 is 10.0 Å². The first-order valence-corrected chi connectivity index (χ1v) is 10.4. The van der Waals surface area contributed by atoms with Gasteiger partial charge in [0, 0.05) is 63.6 Å². The summed E-state index contributed by atoms with van der Waals surface area (Å²) in [6.07, 6.45) is 12.0. The van der Waals surface area contributed by atoms with Crippen molar-refractivity contribution in [3.05, 3.63) is 60.7 Å². The van der Waals surface area contributed by atoms with E-state index in [1.165, 1.54) is 10.9 Å². The SMILES string of the molecule is Cn1cc(S(=O)(=O)N2CCCC(c3nccn3Cc3ccncc3)C2)cn1. The maximum Gasteiger partial charge on any atom is 0.246 e. The lowest BCUT2D eigenvalue weighted by molar-refractivity contribution is 0.305. The molecule has 0 bridgehead atoms. The Kier molecular flexibility index (Phi) is 4.79. The second-order valence-corrected chi connectivity index (χ2v) is 8.76. The third-order valence-corrected chi connectivity index (χ3v) is 6.74. The van der Waals surface area contributed by atoms with Crippen molar-refractivity contribution in [3.8, 4) is 0 Å². The maximum absolute atomic E-state index is 12.9. The molecule has 0 radical (unpaired) electrons. The van der Waals surface area contributed by atoms with Gasteiger partial charge in [0.2, 0.25) is 10.0 Å². The molecule has 0 aromatic carbocycles. The number of nitrogens with zero attached hydrogens (tertiary/aromatic N) is 6. The van der Waals surface area contributed by atoms with E-state index < -0.39 is 10.0 Å². The summed E-state index contributed by atoms with van der Waals surface area (Å²) in [7, 11) is -1.82. The van der Waals surface area contributed by atoms with Crippen LogP contribution in [0.4, 0.5) is 0 Å². The Morgan fingerprint density at radius 3 is 2.78 bits per heavy atom. The molecular weight excluding hydrogens is 364 g/mol. The van der Waals surface area contributed by atoms with Gasteiger partial charge in [0.1, 0.15) is 10.7 Å². The lowest BCUT2D eigenvalue weighted by atomic mass is 9.98. The van der Waals surface area contributed by atoms with Crippen LogP contribution in [-0.2, 0) is 23.6 Å². The molecule has 9 heteroatoms. The highest BCUT2D eigenvalue weighted by molar-refractivity contribution is 7.89. The number of imidazole rings is 1. The van der Waals surface area contributed by atoms with E-state index in [1.807, 2.05) is 18.3 Å². The third-order valence-electron chi connectivity index (χ3n) is 4.92. The minimum absolute atomic E-state index is 0.0713. The van der Waals surface area contributed by atoms with Crippen LogP contribution < -0.4 is 0 Å². The molecule has 0 amide bonds. The smallest absolute Gasteiger partial charge is 0.246 e. The molecule has 8 nitrogen and oxygen atoms in total. The Morgan fingerprint density at radius 2 is 2.04 bits per heavy atom. The predicted molar refractivity (Wildman–Crippen MR) is 99.5 cm³/mol. The Balaban J connectivity index is 1.55. The zero-order valence-electron chi connectivity index (χ0n) is 15.1. The number of rotatable bonds is 5. The zero-order valence-corrected chi connectivity index (χ0v) is 16.0. The summed E-state index contributed by atoms with van der Waals surface area (Å²) >= 11 is 0. The monoisotopic (exact) mass is 386 g/mol. The lowest BCUT2D eigenvalue weighted by Gasteiger charge is -2.31. The van der Waals surface area contributed by atoms with Crippen molar-refractivity contribution < 1.29 is 8.42 Å². The molecule has 1 atom stereocenters. The minimum Gasteiger partial charge on any atom is -0.330 e. The van der Waals surface area contributed by atoms with Crippen LogP contribution in [0.15, 0.2) is 54.2 Å². The first-order valence-electron chi connectivity index (χ1n) is 8.93. The summed E-state index contributed by atoms with van der Waals surface area (Å²) in [5.74, 6) is 1.000. The van der Waals surface area contributed by atoms with Crippen LogP contribution in [0, 0.1) is 0 Å². The van der Waals surface area contributed by atoms with Crippen molar-refractivity contribution in [2.45, 2.75) is 30.2 Å². The van der Waals surface area contributed by atoms with Gasteiger partial charge in [-0.3, -0.25) is 9.67 Å². The van der Waals surface area contributed by atoms with Gasteiger partial charge < -0.3 is 4.57 Å². The van der Waals surface area contributed by atoms with Crippen LogP contribution in [0.1, 0.15) is 30.1 Å². The van der Waals surface area contributed by atoms with E-state index in [2.05, 4.69) is 19.6 Å². The van der Waals surface area contributed by atoms with Gasteiger partial charge >= 0.3 is 0 Å². The van der Waals surface area contributed by atoms with Crippen LogP contribution in [0.25, 0.3) is 0 Å². The molecule has 0 N–H and O–H groups in total. The fraction of sp³-hybridized carbons (Fsp3) is 0.389. The molecule has 142 valence electrons. The fourth-order valence-electron chi connectivity index (χ4n) is 3.55. The van der Waals surface area contributed by atoms with Crippen LogP contribution in [0.3, 0.4) is 0 Å². The molecule has 0 saturated carbocycles. The third kappa shape index (κ3) is 3.65. The van der Waals surface area contributed by atoms with Crippen LogP contribution in [0.2, 0.25) is 0 Å². The average Bonchev–Trinajstić information content (AvgIpc) is 3.32. The summed E-state index contributed by atoms with van der Waals surface area (Å²) in [6.45, 7) is 1.66. The van der Waals surface area contributed by atoms with Gasteiger partial charge in [-0.1, -0.05) is 0 Å². The second kappa shape index (κ2) is 7.24. The number of piperidine rings is 1. The van der Waals surface area contributed by atoms with E-state index in [0.29, 0.717) is 19.6 Å². The molecule has 27 heavy (non-hydrogen) atoms. The number of aromatic nitrogens is 5. The topological polar surface area (TPSA) is 85.9 Å². The lowest BCUT2D eigenvalue weighted by Crippen LogP contribution is -2.39. The van der Waals surface area contributed by atoms with E-state index in [1.54, 1.807) is 36.1 Å². The number of aryl methyl sites for hydroxylation is 1. The predicted octanol–water partition coefficient (Wildman–Crippen LogP) is 1.63. The Hall–Kier alpha value is -2.52. The molecule has 4 heterocycles. The molecule has 0 aliphatic carbocycles. The zero-order chi connectivity index (χ0) is 18.9. The molecule has 1 saturated heterocycles. The van der Waals surface area contributed by atoms with Crippen molar-refractivity contribution in [2.24, 2.45) is 7.05 Å². The summed E-state index contributed by atoms with van der Waals surface area (Å²) < 4.78 is 31.0. The van der Waals surface area contributed by atoms with E-state index >= 15 is 0 Å². The van der Waals surface area contributed by atoms with Gasteiger partial charge in [-0.15, -0.1) is 0 Å². The Labute approximate surface area is 158 Å². The van der Waals surface area contributed by atoms with Gasteiger partial charge in [0.05, 0.1) is 6.20 Å². The van der Waals surface area contributed by atoms with Crippen molar-refractivity contribution in [2.75, 3.05) is 13.1 Å². The van der Waals surface area contributed by atoms with E-state index in [0.717, 1.165) is 24.2 Å². The highest BCUT2D eigenvalue weighted by atomic mass is 32.2. The van der Waals surface area contributed by atoms with Gasteiger partial charge in [-0.05, 0) is 30.5 Å². The van der Waals surface area contributed by atoms with Gasteiger partial charge in [0.15, 0.2) is 0 Å². The quantitative estimate of drug-likeness (QED) is 0.665. The number of sulfonamides is 1. The number of hydrogen-bond donors (Lipinski definition) is 0. The van der Waals surface area contributed by atoms with E-state index in [9.17, 15) is 8.42 Å². The molecule has 1 aliphatic heterocycles. The second-order valence-electron chi connectivity index (χ2n) is 6.82. The molecule has 1 aliphatic rings. The van der Waals surface area contributed by atoms with Crippen molar-refractivity contribution in [1.29, 1.82) is 0 Å². The fourth-order valence-corrected chi connectivity index (χ4v) is 5.06. The van der Waals surface area contributed by atoms with Gasteiger partial charge in [-0.2, -0.15) is 9.40 Å². The van der Waals surface area contributed by atoms with Gasteiger partial charge in [-0.25, -0.2) is 13.4 Å². The molecule has 0 spiro atoms. The maximum atomic E-state index is 12.9. The summed E-state index contributed by atoms with van der Waals surface area (Å²) in [5, 5.41) is 4.00. The van der Waals surface area contributed by atoms with Crippen LogP contribution in [-0.4, -0.2) is 50.1 Å². The molecule has 1 fully saturated rings. The molecule has 3 aromatic rings. The van der Waals surface area contributed by atoms with Crippen LogP contribution >= 0.6 is 0 Å². The first-order chi connectivity index (χ1) is 13.0. The largest absolute Gasteiger partial charge is 0.330 e. The highest BCUT2D eigenvalue weighted by Crippen LogP contribution is 2.29. The normalized spacial score (nSPS) is 18.6. The molecule has 3 aromatic heterocycles. The summed E-state index contributed by atoms with van der Waals surface area (Å²) in [4.78, 5) is 8.83.